The number of carboxylic acids is 1. The molecule has 2 aromatic carbocycles. The lowest BCUT2D eigenvalue weighted by molar-refractivity contribution is -0.143. The van der Waals surface area contributed by atoms with Crippen molar-refractivity contribution in [3.05, 3.63) is 53.7 Å². The molecule has 46 heavy (non-hydrogen) atoms. The highest BCUT2D eigenvalue weighted by Gasteiger charge is 2.28. The summed E-state index contributed by atoms with van der Waals surface area (Å²) in [5, 5.41) is 15.9. The van der Waals surface area contributed by atoms with Crippen LogP contribution < -0.4 is 24.6 Å². The number of carboxylic acid groups (broad SMARTS) is 1. The van der Waals surface area contributed by atoms with Gasteiger partial charge in [-0.25, -0.2) is 13.4 Å². The largest absolute Gasteiger partial charge is 0.494 e. The molecule has 250 valence electrons. The normalized spacial score (nSPS) is 16.4. The average Bonchev–Trinajstić information content (AvgIpc) is 3.03. The summed E-state index contributed by atoms with van der Waals surface area (Å²) < 4.78 is 31.2. The number of piperidine rings is 2. The SMILES string of the molecule is COc1cc(N2CCC(CN3CCC(C(=O)O)CC3)CC2)ccc1Nc1ncc(Cl)c(Nc2ccccc2N(C)S(C)(=O)=O)n1.Cl. The molecule has 2 saturated heterocycles. The summed E-state index contributed by atoms with van der Waals surface area (Å²) in [6.07, 6.45) is 6.26. The molecule has 15 heteroatoms. The highest BCUT2D eigenvalue weighted by molar-refractivity contribution is 7.92. The van der Waals surface area contributed by atoms with Crippen LogP contribution >= 0.6 is 24.0 Å². The van der Waals surface area contributed by atoms with Crippen LogP contribution in [0.15, 0.2) is 48.7 Å². The molecule has 0 saturated carbocycles. The van der Waals surface area contributed by atoms with E-state index in [1.54, 1.807) is 31.4 Å². The lowest BCUT2D eigenvalue weighted by Crippen LogP contribution is -2.42. The van der Waals surface area contributed by atoms with Gasteiger partial charge < -0.3 is 30.3 Å². The topological polar surface area (TPSA) is 140 Å². The summed E-state index contributed by atoms with van der Waals surface area (Å²) in [6.45, 7) is 4.65. The zero-order valence-electron chi connectivity index (χ0n) is 26.1. The monoisotopic (exact) mass is 693 g/mol. The third-order valence-electron chi connectivity index (χ3n) is 8.60. The van der Waals surface area contributed by atoms with Crippen LogP contribution in [-0.2, 0) is 14.8 Å². The molecule has 2 aliphatic rings. The Bertz CT molecular complexity index is 1610. The first-order valence-electron chi connectivity index (χ1n) is 15.0. The summed E-state index contributed by atoms with van der Waals surface area (Å²) in [6, 6.07) is 13.0. The molecule has 0 radical (unpaired) electrons. The van der Waals surface area contributed by atoms with E-state index in [4.69, 9.17) is 16.3 Å². The zero-order valence-corrected chi connectivity index (χ0v) is 28.5. The quantitative estimate of drug-likeness (QED) is 0.236. The molecule has 12 nitrogen and oxygen atoms in total. The number of sulfonamides is 1. The molecule has 2 aliphatic heterocycles. The van der Waals surface area contributed by atoms with Crippen LogP contribution in [0.5, 0.6) is 5.75 Å². The third-order valence-corrected chi connectivity index (χ3v) is 10.1. The molecule has 0 bridgehead atoms. The lowest BCUT2D eigenvalue weighted by atomic mass is 9.92. The summed E-state index contributed by atoms with van der Waals surface area (Å²) >= 11 is 6.42. The number of benzene rings is 2. The number of aromatic nitrogens is 2. The van der Waals surface area contributed by atoms with Gasteiger partial charge in [0, 0.05) is 38.4 Å². The Morgan fingerprint density at radius 2 is 1.76 bits per heavy atom. The minimum atomic E-state index is -3.48. The first kappa shape index (κ1) is 35.3. The number of hydrogen-bond donors (Lipinski definition) is 3. The second-order valence-corrected chi connectivity index (χ2v) is 14.0. The molecule has 0 unspecified atom stereocenters. The first-order valence-corrected chi connectivity index (χ1v) is 17.2. The van der Waals surface area contributed by atoms with Crippen molar-refractivity contribution in [1.82, 2.24) is 14.9 Å². The van der Waals surface area contributed by atoms with Gasteiger partial charge in [0.05, 0.1) is 42.5 Å². The van der Waals surface area contributed by atoms with E-state index < -0.39 is 16.0 Å². The second-order valence-electron chi connectivity index (χ2n) is 11.6. The number of methoxy groups -OCH3 is 1. The van der Waals surface area contributed by atoms with E-state index in [0.717, 1.165) is 70.4 Å². The number of rotatable bonds is 11. The summed E-state index contributed by atoms with van der Waals surface area (Å²) in [4.78, 5) is 24.9. The van der Waals surface area contributed by atoms with Crippen molar-refractivity contribution < 1.29 is 23.1 Å². The number of hydrogen-bond acceptors (Lipinski definition) is 10. The first-order chi connectivity index (χ1) is 21.5. The number of para-hydroxylation sites is 2. The molecule has 5 rings (SSSR count). The van der Waals surface area contributed by atoms with E-state index in [-0.39, 0.29) is 29.3 Å². The van der Waals surface area contributed by atoms with E-state index in [1.807, 2.05) is 18.2 Å². The number of likely N-dealkylation sites (tertiary alicyclic amines) is 1. The minimum absolute atomic E-state index is 0. The summed E-state index contributed by atoms with van der Waals surface area (Å²) in [7, 11) is -0.379. The smallest absolute Gasteiger partial charge is 0.306 e. The summed E-state index contributed by atoms with van der Waals surface area (Å²) in [5.74, 6) is 0.987. The Morgan fingerprint density at radius 1 is 1.07 bits per heavy atom. The van der Waals surface area contributed by atoms with Crippen LogP contribution in [0.4, 0.5) is 34.5 Å². The average molecular weight is 695 g/mol. The van der Waals surface area contributed by atoms with Gasteiger partial charge in [0.25, 0.3) is 0 Å². The van der Waals surface area contributed by atoms with Crippen LogP contribution in [0.2, 0.25) is 5.02 Å². The molecular weight excluding hydrogens is 653 g/mol. The van der Waals surface area contributed by atoms with Crippen molar-refractivity contribution in [3.8, 4) is 5.75 Å². The van der Waals surface area contributed by atoms with E-state index >= 15 is 0 Å². The van der Waals surface area contributed by atoms with Gasteiger partial charge in [-0.1, -0.05) is 23.7 Å². The lowest BCUT2D eigenvalue weighted by Gasteiger charge is -2.38. The van der Waals surface area contributed by atoms with Gasteiger partial charge >= 0.3 is 5.97 Å². The minimum Gasteiger partial charge on any atom is -0.494 e. The predicted octanol–water partition coefficient (Wildman–Crippen LogP) is 5.46. The molecule has 0 aliphatic carbocycles. The van der Waals surface area contributed by atoms with Gasteiger partial charge in [0.15, 0.2) is 5.82 Å². The highest BCUT2D eigenvalue weighted by atomic mass is 35.5. The van der Waals surface area contributed by atoms with Crippen molar-refractivity contribution in [3.63, 3.8) is 0 Å². The van der Waals surface area contributed by atoms with Crippen molar-refractivity contribution >= 4 is 74.5 Å². The Kier molecular flexibility index (Phi) is 11.8. The maximum absolute atomic E-state index is 12.2. The molecule has 1 aromatic heterocycles. The van der Waals surface area contributed by atoms with Gasteiger partial charge in [-0.3, -0.25) is 9.10 Å². The van der Waals surface area contributed by atoms with Crippen molar-refractivity contribution in [2.75, 3.05) is 73.0 Å². The van der Waals surface area contributed by atoms with Crippen LogP contribution in [0, 0.1) is 11.8 Å². The van der Waals surface area contributed by atoms with Crippen LogP contribution in [-0.4, -0.2) is 87.5 Å². The number of ether oxygens (including phenoxy) is 1. The molecular formula is C31H41Cl2N7O5S. The molecule has 3 aromatic rings. The molecule has 0 atom stereocenters. The van der Waals surface area contributed by atoms with Gasteiger partial charge in [0.2, 0.25) is 16.0 Å². The van der Waals surface area contributed by atoms with Crippen molar-refractivity contribution in [1.29, 1.82) is 0 Å². The van der Waals surface area contributed by atoms with Gasteiger partial charge in [-0.15, -0.1) is 12.4 Å². The second kappa shape index (κ2) is 15.4. The Morgan fingerprint density at radius 3 is 2.41 bits per heavy atom. The fraction of sp³-hybridized carbons (Fsp3) is 0.452. The molecule has 2 fully saturated rings. The van der Waals surface area contributed by atoms with Crippen molar-refractivity contribution in [2.24, 2.45) is 11.8 Å². The van der Waals surface area contributed by atoms with Gasteiger partial charge in [-0.05, 0) is 69.0 Å². The van der Waals surface area contributed by atoms with E-state index in [0.29, 0.717) is 34.5 Å². The Balaban J connectivity index is 0.00000480. The molecule has 0 spiro atoms. The highest BCUT2D eigenvalue weighted by Crippen LogP contribution is 2.35. The maximum atomic E-state index is 12.2. The van der Waals surface area contributed by atoms with E-state index in [2.05, 4.69) is 30.4 Å². The van der Waals surface area contributed by atoms with Crippen LogP contribution in [0.3, 0.4) is 0 Å². The number of carbonyl (C=O) groups is 1. The van der Waals surface area contributed by atoms with E-state index in [1.165, 1.54) is 17.5 Å². The van der Waals surface area contributed by atoms with Crippen LogP contribution in [0.25, 0.3) is 0 Å². The number of halogens is 2. The van der Waals surface area contributed by atoms with Gasteiger partial charge in [0.1, 0.15) is 10.8 Å². The third kappa shape index (κ3) is 8.64. The fourth-order valence-corrected chi connectivity index (χ4v) is 6.53. The maximum Gasteiger partial charge on any atom is 0.306 e. The number of anilines is 6. The predicted molar refractivity (Wildman–Crippen MR) is 185 cm³/mol. The Hall–Kier alpha value is -3.52. The Labute approximate surface area is 281 Å². The number of aliphatic carboxylic acids is 1. The fourth-order valence-electron chi connectivity index (χ4n) is 5.88. The summed E-state index contributed by atoms with van der Waals surface area (Å²) in [5.41, 5.74) is 2.73. The van der Waals surface area contributed by atoms with E-state index in [9.17, 15) is 18.3 Å². The number of nitrogens with one attached hydrogen (secondary N) is 2. The van der Waals surface area contributed by atoms with Gasteiger partial charge in [-0.2, -0.15) is 4.98 Å². The standard InChI is InChI=1S/C31H40ClN7O5S.ClH/c1-37(45(3,42)43)27-7-5-4-6-25(27)34-29-24(32)19-33-31(36-29)35-26-9-8-23(18-28(26)44-2)39-16-10-21(11-17-39)20-38-14-12-22(13-15-38)30(40)41;/h4-9,18-19,21-22H,10-17,20H2,1-3H3,(H,40,41)(H2,33,34,35,36);1H. The molecule has 3 N–H and O–H groups in total. The van der Waals surface area contributed by atoms with Crippen LogP contribution in [0.1, 0.15) is 25.7 Å². The number of nitrogens with zero attached hydrogens (tertiary/aromatic N) is 5. The zero-order chi connectivity index (χ0) is 32.1. The van der Waals surface area contributed by atoms with Crippen molar-refractivity contribution in [2.45, 2.75) is 25.7 Å². The molecule has 3 heterocycles. The molecule has 0 amide bonds.